The number of aliphatic hydroxyl groups is 2. The van der Waals surface area contributed by atoms with Crippen molar-refractivity contribution in [1.29, 1.82) is 0 Å². The molecule has 6 N–H and O–H groups in total. The number of anilines is 2. The highest BCUT2D eigenvalue weighted by Crippen LogP contribution is 2.27. The Morgan fingerprint density at radius 3 is 1.33 bits per heavy atom. The molecule has 0 fully saturated rings. The summed E-state index contributed by atoms with van der Waals surface area (Å²) in [5, 5.41) is 19.1. The van der Waals surface area contributed by atoms with E-state index in [0.717, 1.165) is 11.1 Å². The normalized spacial score (nSPS) is 13.8. The van der Waals surface area contributed by atoms with E-state index in [0.29, 0.717) is 11.4 Å². The first-order chi connectivity index (χ1) is 10.1. The molecule has 0 aliphatic carbocycles. The molecule has 2 rings (SSSR count). The first kappa shape index (κ1) is 15.3. The molecule has 2 aromatic carbocycles. The van der Waals surface area contributed by atoms with Gasteiger partial charge in [-0.05, 0) is 35.4 Å². The van der Waals surface area contributed by atoms with Gasteiger partial charge in [0.2, 0.25) is 0 Å². The number of benzene rings is 2. The van der Waals surface area contributed by atoms with Crippen molar-refractivity contribution >= 4 is 11.4 Å². The van der Waals surface area contributed by atoms with Crippen LogP contribution in [0.15, 0.2) is 48.5 Å². The molecule has 21 heavy (non-hydrogen) atoms. The third-order valence-electron chi connectivity index (χ3n) is 3.28. The Balaban J connectivity index is 2.15. The van der Waals surface area contributed by atoms with Gasteiger partial charge in [-0.2, -0.15) is 0 Å². The lowest BCUT2D eigenvalue weighted by Crippen LogP contribution is -2.16. The van der Waals surface area contributed by atoms with Gasteiger partial charge < -0.3 is 26.4 Å². The molecular formula is C16H20N2O3. The summed E-state index contributed by atoms with van der Waals surface area (Å²) in [4.78, 5) is 0. The number of hydrogen-bond acceptors (Lipinski definition) is 5. The van der Waals surface area contributed by atoms with E-state index in [-0.39, 0.29) is 13.2 Å². The maximum Gasteiger partial charge on any atom is 0.106 e. The minimum atomic E-state index is -0.527. The molecule has 5 nitrogen and oxygen atoms in total. The van der Waals surface area contributed by atoms with E-state index in [1.807, 2.05) is 0 Å². The molecule has 5 heteroatoms. The predicted molar refractivity (Wildman–Crippen MR) is 82.4 cm³/mol. The van der Waals surface area contributed by atoms with Gasteiger partial charge in [-0.3, -0.25) is 0 Å². The summed E-state index contributed by atoms with van der Waals surface area (Å²) in [6.45, 7) is -0.370. The Labute approximate surface area is 123 Å². The smallest absolute Gasteiger partial charge is 0.106 e. The van der Waals surface area contributed by atoms with Crippen LogP contribution in [0.4, 0.5) is 11.4 Å². The van der Waals surface area contributed by atoms with Gasteiger partial charge in [0.1, 0.15) is 12.2 Å². The first-order valence-electron chi connectivity index (χ1n) is 6.72. The largest absolute Gasteiger partial charge is 0.399 e. The molecule has 2 aromatic rings. The molecule has 2 atom stereocenters. The number of nitrogens with two attached hydrogens (primary N) is 2. The Hall–Kier alpha value is -2.08. The Bertz CT molecular complexity index is 503. The number of aliphatic hydroxyl groups excluding tert-OH is 2. The third kappa shape index (κ3) is 3.95. The van der Waals surface area contributed by atoms with Crippen molar-refractivity contribution in [1.82, 2.24) is 0 Å². The molecule has 0 saturated heterocycles. The zero-order chi connectivity index (χ0) is 15.2. The molecular weight excluding hydrogens is 268 g/mol. The maximum absolute atomic E-state index is 9.53. The Morgan fingerprint density at radius 2 is 1.05 bits per heavy atom. The first-order valence-corrected chi connectivity index (χ1v) is 6.72. The summed E-state index contributed by atoms with van der Waals surface area (Å²) in [5.41, 5.74) is 14.2. The van der Waals surface area contributed by atoms with Gasteiger partial charge in [0.05, 0.1) is 13.2 Å². The fraction of sp³-hybridized carbons (Fsp3) is 0.250. The van der Waals surface area contributed by atoms with E-state index in [4.69, 9.17) is 16.2 Å². The van der Waals surface area contributed by atoms with Crippen LogP contribution in [-0.4, -0.2) is 23.4 Å². The van der Waals surface area contributed by atoms with Crippen LogP contribution < -0.4 is 11.5 Å². The maximum atomic E-state index is 9.53. The van der Waals surface area contributed by atoms with Gasteiger partial charge in [-0.1, -0.05) is 24.3 Å². The van der Waals surface area contributed by atoms with Crippen LogP contribution in [0.2, 0.25) is 0 Å². The van der Waals surface area contributed by atoms with Gasteiger partial charge in [-0.25, -0.2) is 0 Å². The second-order valence-corrected chi connectivity index (χ2v) is 4.81. The number of nitrogen functional groups attached to an aromatic ring is 2. The topological polar surface area (TPSA) is 102 Å². The molecule has 0 spiro atoms. The fourth-order valence-corrected chi connectivity index (χ4v) is 2.07. The molecule has 0 amide bonds. The van der Waals surface area contributed by atoms with E-state index in [2.05, 4.69) is 0 Å². The summed E-state index contributed by atoms with van der Waals surface area (Å²) in [6, 6.07) is 14.2. The van der Waals surface area contributed by atoms with E-state index in [9.17, 15) is 10.2 Å². The van der Waals surface area contributed by atoms with Crippen molar-refractivity contribution < 1.29 is 14.9 Å². The van der Waals surface area contributed by atoms with Gasteiger partial charge in [0, 0.05) is 11.4 Å². The van der Waals surface area contributed by atoms with Crippen molar-refractivity contribution in [2.75, 3.05) is 24.7 Å². The van der Waals surface area contributed by atoms with Crippen molar-refractivity contribution in [2.45, 2.75) is 12.2 Å². The quantitative estimate of drug-likeness (QED) is 0.605. The van der Waals surface area contributed by atoms with Gasteiger partial charge in [0.25, 0.3) is 0 Å². The summed E-state index contributed by atoms with van der Waals surface area (Å²) >= 11 is 0. The molecule has 0 aromatic heterocycles. The summed E-state index contributed by atoms with van der Waals surface area (Å²) in [6.07, 6.45) is -1.05. The minimum absolute atomic E-state index is 0.185. The van der Waals surface area contributed by atoms with Crippen molar-refractivity contribution in [2.24, 2.45) is 0 Å². The zero-order valence-electron chi connectivity index (χ0n) is 11.6. The number of ether oxygens (including phenoxy) is 1. The van der Waals surface area contributed by atoms with Crippen molar-refractivity contribution in [3.05, 3.63) is 59.7 Å². The van der Waals surface area contributed by atoms with Gasteiger partial charge in [0.15, 0.2) is 0 Å². The van der Waals surface area contributed by atoms with Crippen LogP contribution >= 0.6 is 0 Å². The molecule has 0 aliphatic rings. The lowest BCUT2D eigenvalue weighted by atomic mass is 10.1. The predicted octanol–water partition coefficient (Wildman–Crippen LogP) is 1.63. The highest BCUT2D eigenvalue weighted by Gasteiger charge is 2.19. The van der Waals surface area contributed by atoms with Crippen LogP contribution in [0, 0.1) is 0 Å². The number of hydrogen-bond donors (Lipinski definition) is 4. The monoisotopic (exact) mass is 288 g/mol. The van der Waals surface area contributed by atoms with Crippen LogP contribution in [0.1, 0.15) is 23.3 Å². The highest BCUT2D eigenvalue weighted by molar-refractivity contribution is 5.41. The van der Waals surface area contributed by atoms with Crippen LogP contribution in [0.25, 0.3) is 0 Å². The highest BCUT2D eigenvalue weighted by atomic mass is 16.5. The van der Waals surface area contributed by atoms with Crippen LogP contribution in [0.3, 0.4) is 0 Å². The summed E-state index contributed by atoms with van der Waals surface area (Å²) < 4.78 is 5.82. The van der Waals surface area contributed by atoms with E-state index >= 15 is 0 Å². The molecule has 0 radical (unpaired) electrons. The standard InChI is InChI=1S/C16H20N2O3/c17-13-5-1-11(2-6-13)15(9-19)21-16(10-20)12-3-7-14(18)8-4-12/h1-8,15-16,19-20H,9-10,17-18H2. The fourth-order valence-electron chi connectivity index (χ4n) is 2.07. The lowest BCUT2D eigenvalue weighted by molar-refractivity contribution is -0.0641. The molecule has 2 unspecified atom stereocenters. The SMILES string of the molecule is Nc1ccc(C(CO)OC(CO)c2ccc(N)cc2)cc1. The minimum Gasteiger partial charge on any atom is -0.399 e. The van der Waals surface area contributed by atoms with Gasteiger partial charge >= 0.3 is 0 Å². The molecule has 0 heterocycles. The second-order valence-electron chi connectivity index (χ2n) is 4.81. The Morgan fingerprint density at radius 1 is 0.714 bits per heavy atom. The second kappa shape index (κ2) is 7.08. The molecule has 0 bridgehead atoms. The van der Waals surface area contributed by atoms with E-state index in [1.165, 1.54) is 0 Å². The molecule has 0 aliphatic heterocycles. The van der Waals surface area contributed by atoms with E-state index < -0.39 is 12.2 Å². The average Bonchev–Trinajstić information content (AvgIpc) is 2.51. The molecule has 0 saturated carbocycles. The van der Waals surface area contributed by atoms with Gasteiger partial charge in [-0.15, -0.1) is 0 Å². The molecule has 112 valence electrons. The van der Waals surface area contributed by atoms with Crippen LogP contribution in [-0.2, 0) is 4.74 Å². The third-order valence-corrected chi connectivity index (χ3v) is 3.28. The lowest BCUT2D eigenvalue weighted by Gasteiger charge is -2.23. The number of rotatable bonds is 6. The van der Waals surface area contributed by atoms with E-state index in [1.54, 1.807) is 48.5 Å². The van der Waals surface area contributed by atoms with Crippen LogP contribution in [0.5, 0.6) is 0 Å². The van der Waals surface area contributed by atoms with Crippen molar-refractivity contribution in [3.63, 3.8) is 0 Å². The average molecular weight is 288 g/mol. The Kier molecular flexibility index (Phi) is 5.16. The van der Waals surface area contributed by atoms with Crippen molar-refractivity contribution in [3.8, 4) is 0 Å². The summed E-state index contributed by atoms with van der Waals surface area (Å²) in [5.74, 6) is 0. The summed E-state index contributed by atoms with van der Waals surface area (Å²) in [7, 11) is 0. The zero-order valence-corrected chi connectivity index (χ0v) is 11.6.